The SMILES string of the molecule is CCN(C(=O)C(C)(C)C(=O)N1CCN(C(C)=O)CC1)c1ccccc1. The van der Waals surface area contributed by atoms with Gasteiger partial charge < -0.3 is 14.7 Å². The Labute approximate surface area is 149 Å². The average molecular weight is 345 g/mol. The number of hydrogen-bond donors (Lipinski definition) is 0. The van der Waals surface area contributed by atoms with Gasteiger partial charge in [-0.25, -0.2) is 0 Å². The highest BCUT2D eigenvalue weighted by molar-refractivity contribution is 6.11. The van der Waals surface area contributed by atoms with E-state index < -0.39 is 5.41 Å². The van der Waals surface area contributed by atoms with Crippen LogP contribution in [0.5, 0.6) is 0 Å². The normalized spacial score (nSPS) is 15.0. The van der Waals surface area contributed by atoms with Crippen molar-refractivity contribution in [2.24, 2.45) is 5.41 Å². The highest BCUT2D eigenvalue weighted by atomic mass is 16.2. The average Bonchev–Trinajstić information content (AvgIpc) is 2.62. The maximum Gasteiger partial charge on any atom is 0.242 e. The number of hydrogen-bond acceptors (Lipinski definition) is 3. The van der Waals surface area contributed by atoms with Crippen LogP contribution in [-0.4, -0.2) is 60.2 Å². The van der Waals surface area contributed by atoms with Crippen LogP contribution in [0.1, 0.15) is 27.7 Å². The molecule has 1 saturated heterocycles. The first kappa shape index (κ1) is 19.0. The minimum Gasteiger partial charge on any atom is -0.339 e. The van der Waals surface area contributed by atoms with Gasteiger partial charge in [-0.05, 0) is 32.9 Å². The second kappa shape index (κ2) is 7.68. The molecule has 25 heavy (non-hydrogen) atoms. The van der Waals surface area contributed by atoms with Crippen molar-refractivity contribution in [3.05, 3.63) is 30.3 Å². The fourth-order valence-corrected chi connectivity index (χ4v) is 3.10. The zero-order valence-corrected chi connectivity index (χ0v) is 15.5. The second-order valence-electron chi connectivity index (χ2n) is 6.81. The summed E-state index contributed by atoms with van der Waals surface area (Å²) < 4.78 is 0. The Morgan fingerprint density at radius 3 is 2.00 bits per heavy atom. The van der Waals surface area contributed by atoms with Gasteiger partial charge in [0, 0.05) is 45.3 Å². The Kier molecular flexibility index (Phi) is 5.82. The van der Waals surface area contributed by atoms with Crippen LogP contribution in [0, 0.1) is 5.41 Å². The lowest BCUT2D eigenvalue weighted by Crippen LogP contribution is -2.56. The van der Waals surface area contributed by atoms with Crippen LogP contribution in [0.3, 0.4) is 0 Å². The monoisotopic (exact) mass is 345 g/mol. The Bertz CT molecular complexity index is 635. The molecule has 0 N–H and O–H groups in total. The molecule has 0 saturated carbocycles. The minimum absolute atomic E-state index is 0.0173. The molecule has 1 heterocycles. The van der Waals surface area contributed by atoms with E-state index in [9.17, 15) is 14.4 Å². The van der Waals surface area contributed by atoms with E-state index in [1.807, 2.05) is 37.3 Å². The molecule has 0 atom stereocenters. The summed E-state index contributed by atoms with van der Waals surface area (Å²) in [6.45, 7) is 9.25. The third kappa shape index (κ3) is 4.00. The lowest BCUT2D eigenvalue weighted by molar-refractivity contribution is -0.150. The van der Waals surface area contributed by atoms with Gasteiger partial charge in [-0.15, -0.1) is 0 Å². The van der Waals surface area contributed by atoms with Crippen LogP contribution in [0.15, 0.2) is 30.3 Å². The van der Waals surface area contributed by atoms with Gasteiger partial charge in [0.05, 0.1) is 0 Å². The molecule has 6 heteroatoms. The summed E-state index contributed by atoms with van der Waals surface area (Å²) in [5.74, 6) is -0.376. The molecule has 0 bridgehead atoms. The quantitative estimate of drug-likeness (QED) is 0.781. The standard InChI is InChI=1S/C19H27N3O3/c1-5-22(16-9-7-6-8-10-16)18(25)19(3,4)17(24)21-13-11-20(12-14-21)15(2)23/h6-10H,5,11-14H2,1-4H3. The number of carbonyl (C=O) groups excluding carboxylic acids is 3. The molecule has 1 aromatic carbocycles. The van der Waals surface area contributed by atoms with E-state index in [1.54, 1.807) is 28.5 Å². The van der Waals surface area contributed by atoms with Crippen molar-refractivity contribution < 1.29 is 14.4 Å². The second-order valence-corrected chi connectivity index (χ2v) is 6.81. The van der Waals surface area contributed by atoms with Gasteiger partial charge in [0.2, 0.25) is 17.7 Å². The predicted molar refractivity (Wildman–Crippen MR) is 97.1 cm³/mol. The summed E-state index contributed by atoms with van der Waals surface area (Å²) in [7, 11) is 0. The van der Waals surface area contributed by atoms with E-state index in [2.05, 4.69) is 0 Å². The van der Waals surface area contributed by atoms with Crippen molar-refractivity contribution in [2.45, 2.75) is 27.7 Å². The van der Waals surface area contributed by atoms with Gasteiger partial charge in [-0.2, -0.15) is 0 Å². The Hall–Kier alpha value is -2.37. The van der Waals surface area contributed by atoms with Crippen LogP contribution in [0.2, 0.25) is 0 Å². The summed E-state index contributed by atoms with van der Waals surface area (Å²) >= 11 is 0. The van der Waals surface area contributed by atoms with Crippen LogP contribution < -0.4 is 4.90 Å². The largest absolute Gasteiger partial charge is 0.339 e. The number of nitrogens with zero attached hydrogens (tertiary/aromatic N) is 3. The van der Waals surface area contributed by atoms with Crippen molar-refractivity contribution >= 4 is 23.4 Å². The first-order valence-corrected chi connectivity index (χ1v) is 8.71. The maximum absolute atomic E-state index is 13.1. The molecule has 1 aliphatic rings. The van der Waals surface area contributed by atoms with E-state index >= 15 is 0 Å². The van der Waals surface area contributed by atoms with Gasteiger partial charge >= 0.3 is 0 Å². The van der Waals surface area contributed by atoms with E-state index in [1.165, 1.54) is 6.92 Å². The Morgan fingerprint density at radius 2 is 1.52 bits per heavy atom. The fraction of sp³-hybridized carbons (Fsp3) is 0.526. The number of amides is 3. The number of anilines is 1. The van der Waals surface area contributed by atoms with Gasteiger partial charge in [-0.1, -0.05) is 18.2 Å². The zero-order valence-electron chi connectivity index (χ0n) is 15.5. The van der Waals surface area contributed by atoms with E-state index in [0.29, 0.717) is 32.7 Å². The number of para-hydroxylation sites is 1. The molecule has 6 nitrogen and oxygen atoms in total. The lowest BCUT2D eigenvalue weighted by Gasteiger charge is -2.39. The number of piperazine rings is 1. The number of rotatable bonds is 4. The molecular weight excluding hydrogens is 318 g/mol. The fourth-order valence-electron chi connectivity index (χ4n) is 3.10. The van der Waals surface area contributed by atoms with Crippen molar-refractivity contribution in [3.63, 3.8) is 0 Å². The molecule has 0 aliphatic carbocycles. The summed E-state index contributed by atoms with van der Waals surface area (Å²) in [4.78, 5) is 42.5. The summed E-state index contributed by atoms with van der Waals surface area (Å²) in [5.41, 5.74) is -0.359. The highest BCUT2D eigenvalue weighted by Crippen LogP contribution is 2.26. The highest BCUT2D eigenvalue weighted by Gasteiger charge is 2.42. The lowest BCUT2D eigenvalue weighted by atomic mass is 9.89. The topological polar surface area (TPSA) is 60.9 Å². The Balaban J connectivity index is 2.12. The summed E-state index contributed by atoms with van der Waals surface area (Å²) in [5, 5.41) is 0. The number of benzene rings is 1. The molecule has 0 radical (unpaired) electrons. The smallest absolute Gasteiger partial charge is 0.242 e. The third-order valence-corrected chi connectivity index (χ3v) is 4.71. The molecule has 0 aromatic heterocycles. The van der Waals surface area contributed by atoms with Crippen LogP contribution in [0.4, 0.5) is 5.69 Å². The molecule has 2 rings (SSSR count). The van der Waals surface area contributed by atoms with Gasteiger partial charge in [0.25, 0.3) is 0 Å². The van der Waals surface area contributed by atoms with Crippen LogP contribution in [-0.2, 0) is 14.4 Å². The first-order chi connectivity index (χ1) is 11.8. The molecule has 1 fully saturated rings. The summed E-state index contributed by atoms with van der Waals surface area (Å²) in [6, 6.07) is 9.38. The van der Waals surface area contributed by atoms with Crippen molar-refractivity contribution in [2.75, 3.05) is 37.6 Å². The molecule has 1 aliphatic heterocycles. The molecular formula is C19H27N3O3. The van der Waals surface area contributed by atoms with Crippen LogP contribution >= 0.6 is 0 Å². The molecule has 3 amide bonds. The number of carbonyl (C=O) groups is 3. The van der Waals surface area contributed by atoms with Crippen molar-refractivity contribution in [1.82, 2.24) is 9.80 Å². The maximum atomic E-state index is 13.1. The third-order valence-electron chi connectivity index (χ3n) is 4.71. The molecule has 0 spiro atoms. The van der Waals surface area contributed by atoms with E-state index in [0.717, 1.165) is 5.69 Å². The van der Waals surface area contributed by atoms with Gasteiger partial charge in [-0.3, -0.25) is 14.4 Å². The van der Waals surface area contributed by atoms with E-state index in [4.69, 9.17) is 0 Å². The zero-order chi connectivity index (χ0) is 18.6. The summed E-state index contributed by atoms with van der Waals surface area (Å²) in [6.07, 6.45) is 0. The molecule has 1 aromatic rings. The van der Waals surface area contributed by atoms with Crippen molar-refractivity contribution in [1.29, 1.82) is 0 Å². The van der Waals surface area contributed by atoms with Crippen LogP contribution in [0.25, 0.3) is 0 Å². The predicted octanol–water partition coefficient (Wildman–Crippen LogP) is 1.76. The molecule has 0 unspecified atom stereocenters. The minimum atomic E-state index is -1.15. The first-order valence-electron chi connectivity index (χ1n) is 8.71. The van der Waals surface area contributed by atoms with Gasteiger partial charge in [0.15, 0.2) is 0 Å². The van der Waals surface area contributed by atoms with E-state index in [-0.39, 0.29) is 17.7 Å². The molecule has 136 valence electrons. The van der Waals surface area contributed by atoms with Crippen molar-refractivity contribution in [3.8, 4) is 0 Å². The Morgan fingerprint density at radius 1 is 1.00 bits per heavy atom. The van der Waals surface area contributed by atoms with Gasteiger partial charge in [0.1, 0.15) is 5.41 Å².